The molecule has 1 aromatic heterocycles. The predicted octanol–water partition coefficient (Wildman–Crippen LogP) is 3.10. The van der Waals surface area contributed by atoms with Crippen LogP contribution in [0.15, 0.2) is 6.07 Å². The molecule has 0 spiro atoms. The Morgan fingerprint density at radius 1 is 1.60 bits per heavy atom. The van der Waals surface area contributed by atoms with E-state index in [2.05, 4.69) is 31.4 Å². The molecule has 2 atom stereocenters. The molecule has 1 aromatic rings. The Labute approximate surface area is 92.5 Å². The van der Waals surface area contributed by atoms with Crippen molar-refractivity contribution >= 4 is 0 Å². The number of fused-ring (bicyclic) bond motifs is 1. The van der Waals surface area contributed by atoms with Gasteiger partial charge in [0.2, 0.25) is 0 Å². The number of nitrogens with two attached hydrogens (primary N) is 1. The van der Waals surface area contributed by atoms with E-state index in [1.54, 1.807) is 0 Å². The minimum atomic E-state index is 0.276. The van der Waals surface area contributed by atoms with Gasteiger partial charge in [-0.2, -0.15) is 0 Å². The normalized spacial score (nSPS) is 22.5. The summed E-state index contributed by atoms with van der Waals surface area (Å²) in [6.07, 6.45) is 4.80. The molecule has 1 aliphatic rings. The lowest BCUT2D eigenvalue weighted by atomic mass is 9.93. The number of hydrogen-bond acceptors (Lipinski definition) is 1. The van der Waals surface area contributed by atoms with Gasteiger partial charge in [0, 0.05) is 23.5 Å². The van der Waals surface area contributed by atoms with Gasteiger partial charge in [-0.05, 0) is 51.2 Å². The highest BCUT2D eigenvalue weighted by molar-refractivity contribution is 5.33. The van der Waals surface area contributed by atoms with Gasteiger partial charge in [0.15, 0.2) is 0 Å². The highest BCUT2D eigenvalue weighted by Crippen LogP contribution is 2.33. The van der Waals surface area contributed by atoms with Crippen molar-refractivity contribution < 1.29 is 0 Å². The van der Waals surface area contributed by atoms with Gasteiger partial charge < -0.3 is 10.3 Å². The first-order valence-electron chi connectivity index (χ1n) is 6.11. The average Bonchev–Trinajstić information content (AvgIpc) is 2.55. The summed E-state index contributed by atoms with van der Waals surface area (Å²) in [4.78, 5) is 0. The summed E-state index contributed by atoms with van der Waals surface area (Å²) in [5.74, 6) is 0. The van der Waals surface area contributed by atoms with Gasteiger partial charge in [0.1, 0.15) is 0 Å². The van der Waals surface area contributed by atoms with Crippen LogP contribution in [0.1, 0.15) is 62.1 Å². The maximum atomic E-state index is 6.16. The third-order valence-electron chi connectivity index (χ3n) is 3.73. The zero-order valence-electron chi connectivity index (χ0n) is 10.1. The van der Waals surface area contributed by atoms with E-state index in [-0.39, 0.29) is 6.04 Å². The molecule has 2 rings (SSSR count). The number of aryl methyl sites for hydroxylation is 1. The standard InChI is InChI=1S/C13H22N2/c1-4-9(2)15-10(3)8-11-12(14)6-5-7-13(11)15/h8-9,12H,4-7,14H2,1-3H3. The summed E-state index contributed by atoms with van der Waals surface area (Å²) in [7, 11) is 0. The average molecular weight is 206 g/mol. The quantitative estimate of drug-likeness (QED) is 0.792. The Morgan fingerprint density at radius 3 is 3.00 bits per heavy atom. The smallest absolute Gasteiger partial charge is 0.0313 e. The molecule has 0 aromatic carbocycles. The molecule has 2 nitrogen and oxygen atoms in total. The largest absolute Gasteiger partial charge is 0.346 e. The van der Waals surface area contributed by atoms with Crippen molar-refractivity contribution in [1.82, 2.24) is 4.57 Å². The second kappa shape index (κ2) is 4.01. The molecule has 15 heavy (non-hydrogen) atoms. The van der Waals surface area contributed by atoms with E-state index in [0.29, 0.717) is 6.04 Å². The van der Waals surface area contributed by atoms with Crippen LogP contribution >= 0.6 is 0 Å². The van der Waals surface area contributed by atoms with E-state index < -0.39 is 0 Å². The van der Waals surface area contributed by atoms with Crippen LogP contribution in [0.2, 0.25) is 0 Å². The molecule has 0 bridgehead atoms. The summed E-state index contributed by atoms with van der Waals surface area (Å²) >= 11 is 0. The molecule has 0 saturated carbocycles. The minimum absolute atomic E-state index is 0.276. The van der Waals surface area contributed by atoms with Crippen molar-refractivity contribution in [2.45, 2.75) is 58.5 Å². The first-order chi connectivity index (χ1) is 7.15. The van der Waals surface area contributed by atoms with Crippen molar-refractivity contribution in [2.24, 2.45) is 5.73 Å². The van der Waals surface area contributed by atoms with Crippen molar-refractivity contribution in [3.05, 3.63) is 23.0 Å². The van der Waals surface area contributed by atoms with Crippen LogP contribution in [0.3, 0.4) is 0 Å². The van der Waals surface area contributed by atoms with Gasteiger partial charge in [0.05, 0.1) is 0 Å². The predicted molar refractivity (Wildman–Crippen MR) is 64.0 cm³/mol. The topological polar surface area (TPSA) is 30.9 Å². The second-order valence-corrected chi connectivity index (χ2v) is 4.81. The van der Waals surface area contributed by atoms with E-state index in [9.17, 15) is 0 Å². The third kappa shape index (κ3) is 1.71. The monoisotopic (exact) mass is 206 g/mol. The second-order valence-electron chi connectivity index (χ2n) is 4.81. The van der Waals surface area contributed by atoms with Crippen LogP contribution in [0.25, 0.3) is 0 Å². The molecule has 0 amide bonds. The van der Waals surface area contributed by atoms with Gasteiger partial charge in [-0.15, -0.1) is 0 Å². The maximum absolute atomic E-state index is 6.16. The highest BCUT2D eigenvalue weighted by Gasteiger charge is 2.23. The lowest BCUT2D eigenvalue weighted by molar-refractivity contribution is 0.476. The van der Waals surface area contributed by atoms with Crippen LogP contribution in [-0.4, -0.2) is 4.57 Å². The Morgan fingerprint density at radius 2 is 2.33 bits per heavy atom. The number of aromatic nitrogens is 1. The van der Waals surface area contributed by atoms with Gasteiger partial charge in [0.25, 0.3) is 0 Å². The van der Waals surface area contributed by atoms with Gasteiger partial charge in [-0.1, -0.05) is 6.92 Å². The van der Waals surface area contributed by atoms with Crippen LogP contribution in [-0.2, 0) is 6.42 Å². The first-order valence-corrected chi connectivity index (χ1v) is 6.11. The molecule has 2 unspecified atom stereocenters. The fourth-order valence-electron chi connectivity index (χ4n) is 2.76. The summed E-state index contributed by atoms with van der Waals surface area (Å²) < 4.78 is 2.49. The molecular formula is C13H22N2. The van der Waals surface area contributed by atoms with Crippen molar-refractivity contribution in [3.8, 4) is 0 Å². The number of nitrogens with zero attached hydrogens (tertiary/aromatic N) is 1. The van der Waals surface area contributed by atoms with Crippen molar-refractivity contribution in [1.29, 1.82) is 0 Å². The molecule has 84 valence electrons. The first kappa shape index (κ1) is 10.7. The Balaban J connectivity index is 2.46. The van der Waals surface area contributed by atoms with E-state index in [4.69, 9.17) is 5.73 Å². The minimum Gasteiger partial charge on any atom is -0.346 e. The molecule has 0 aliphatic heterocycles. The van der Waals surface area contributed by atoms with Gasteiger partial charge in [-0.3, -0.25) is 0 Å². The molecule has 2 N–H and O–H groups in total. The molecule has 0 saturated heterocycles. The van der Waals surface area contributed by atoms with Crippen LogP contribution in [0.5, 0.6) is 0 Å². The number of hydrogen-bond donors (Lipinski definition) is 1. The third-order valence-corrected chi connectivity index (χ3v) is 3.73. The molecule has 1 aliphatic carbocycles. The van der Waals surface area contributed by atoms with Crippen LogP contribution in [0, 0.1) is 6.92 Å². The van der Waals surface area contributed by atoms with Crippen LogP contribution in [0.4, 0.5) is 0 Å². The van der Waals surface area contributed by atoms with E-state index in [0.717, 1.165) is 6.42 Å². The van der Waals surface area contributed by atoms with Crippen molar-refractivity contribution in [2.75, 3.05) is 0 Å². The highest BCUT2D eigenvalue weighted by atomic mass is 15.0. The maximum Gasteiger partial charge on any atom is 0.0313 e. The Hall–Kier alpha value is -0.760. The molecule has 0 radical (unpaired) electrons. The van der Waals surface area contributed by atoms with Gasteiger partial charge in [-0.25, -0.2) is 0 Å². The summed E-state index contributed by atoms with van der Waals surface area (Å²) in [5, 5.41) is 0. The van der Waals surface area contributed by atoms with Crippen LogP contribution < -0.4 is 5.73 Å². The fraction of sp³-hybridized carbons (Fsp3) is 0.692. The SMILES string of the molecule is CCC(C)n1c(C)cc2c1CCCC2N. The summed E-state index contributed by atoms with van der Waals surface area (Å²) in [5.41, 5.74) is 10.4. The zero-order valence-corrected chi connectivity index (χ0v) is 10.1. The van der Waals surface area contributed by atoms with E-state index >= 15 is 0 Å². The molecule has 2 heteroatoms. The Bertz CT molecular complexity index is 352. The fourth-order valence-corrected chi connectivity index (χ4v) is 2.76. The zero-order chi connectivity index (χ0) is 11.0. The summed E-state index contributed by atoms with van der Waals surface area (Å²) in [6, 6.07) is 3.18. The lowest BCUT2D eigenvalue weighted by Gasteiger charge is -2.24. The summed E-state index contributed by atoms with van der Waals surface area (Å²) in [6.45, 7) is 6.75. The Kier molecular flexibility index (Phi) is 2.87. The van der Waals surface area contributed by atoms with Crippen molar-refractivity contribution in [3.63, 3.8) is 0 Å². The van der Waals surface area contributed by atoms with Gasteiger partial charge >= 0.3 is 0 Å². The molecule has 1 heterocycles. The van der Waals surface area contributed by atoms with E-state index in [1.807, 2.05) is 0 Å². The van der Waals surface area contributed by atoms with E-state index in [1.165, 1.54) is 36.2 Å². The molecule has 0 fully saturated rings. The molecular weight excluding hydrogens is 184 g/mol. The number of rotatable bonds is 2. The lowest BCUT2D eigenvalue weighted by Crippen LogP contribution is -2.19.